The van der Waals surface area contributed by atoms with E-state index in [2.05, 4.69) is 9.82 Å². The normalized spacial score (nSPS) is 13.5. The van der Waals surface area contributed by atoms with Crippen molar-refractivity contribution in [1.82, 2.24) is 14.5 Å². The van der Waals surface area contributed by atoms with Crippen molar-refractivity contribution in [1.29, 1.82) is 0 Å². The minimum Gasteiger partial charge on any atom is -0.480 e. The fourth-order valence-electron chi connectivity index (χ4n) is 1.36. The average Bonchev–Trinajstić information content (AvgIpc) is 2.60. The number of aryl methyl sites for hydroxylation is 1. The Morgan fingerprint density at radius 2 is 2.29 bits per heavy atom. The number of nitrogens with one attached hydrogen (secondary N) is 1. The number of aromatic nitrogens is 2. The van der Waals surface area contributed by atoms with Crippen LogP contribution >= 0.6 is 0 Å². The van der Waals surface area contributed by atoms with E-state index >= 15 is 0 Å². The van der Waals surface area contributed by atoms with Gasteiger partial charge in [0.05, 0.1) is 11.9 Å². The van der Waals surface area contributed by atoms with Crippen molar-refractivity contribution < 1.29 is 18.3 Å². The number of carboxylic acid groups (broad SMARTS) is 1. The van der Waals surface area contributed by atoms with E-state index in [4.69, 9.17) is 5.11 Å². The third kappa shape index (κ3) is 3.82. The number of sulfonamides is 1. The molecule has 0 aliphatic rings. The average molecular weight is 261 g/mol. The van der Waals surface area contributed by atoms with E-state index in [-0.39, 0.29) is 5.75 Å². The predicted molar refractivity (Wildman–Crippen MR) is 60.8 cm³/mol. The molecule has 2 N–H and O–H groups in total. The summed E-state index contributed by atoms with van der Waals surface area (Å²) >= 11 is 0. The van der Waals surface area contributed by atoms with Crippen LogP contribution in [0.5, 0.6) is 0 Å². The van der Waals surface area contributed by atoms with E-state index in [1.807, 2.05) is 0 Å². The SMILES string of the molecule is CCCS(=O)(=O)NC(C(=O)O)c1cnn(C)c1. The summed E-state index contributed by atoms with van der Waals surface area (Å²) in [5.74, 6) is -1.35. The number of rotatable bonds is 6. The lowest BCUT2D eigenvalue weighted by Crippen LogP contribution is -2.35. The molecule has 1 unspecified atom stereocenters. The van der Waals surface area contributed by atoms with Crippen molar-refractivity contribution in [3.8, 4) is 0 Å². The molecule has 1 heterocycles. The first kappa shape index (κ1) is 13.7. The van der Waals surface area contributed by atoms with Gasteiger partial charge >= 0.3 is 5.97 Å². The molecule has 0 bridgehead atoms. The van der Waals surface area contributed by atoms with Gasteiger partial charge in [-0.05, 0) is 6.42 Å². The Hall–Kier alpha value is -1.41. The lowest BCUT2D eigenvalue weighted by atomic mass is 10.2. The highest BCUT2D eigenvalue weighted by Crippen LogP contribution is 2.13. The zero-order valence-electron chi connectivity index (χ0n) is 9.62. The fourth-order valence-corrected chi connectivity index (χ4v) is 2.61. The summed E-state index contributed by atoms with van der Waals surface area (Å²) in [5.41, 5.74) is 0.305. The van der Waals surface area contributed by atoms with Crippen LogP contribution in [0.2, 0.25) is 0 Å². The summed E-state index contributed by atoms with van der Waals surface area (Å²) in [6.45, 7) is 1.71. The summed E-state index contributed by atoms with van der Waals surface area (Å²) in [5, 5.41) is 12.8. The lowest BCUT2D eigenvalue weighted by molar-refractivity contribution is -0.139. The Balaban J connectivity index is 2.92. The van der Waals surface area contributed by atoms with Gasteiger partial charge in [-0.1, -0.05) is 6.92 Å². The van der Waals surface area contributed by atoms with E-state index in [0.717, 1.165) is 0 Å². The van der Waals surface area contributed by atoms with Gasteiger partial charge in [0.1, 0.15) is 6.04 Å². The molecule has 0 saturated carbocycles. The van der Waals surface area contributed by atoms with Crippen molar-refractivity contribution >= 4 is 16.0 Å². The number of hydrogen-bond donors (Lipinski definition) is 2. The third-order valence-corrected chi connectivity index (χ3v) is 3.62. The van der Waals surface area contributed by atoms with E-state index in [1.54, 1.807) is 14.0 Å². The van der Waals surface area contributed by atoms with Gasteiger partial charge in [0, 0.05) is 18.8 Å². The largest absolute Gasteiger partial charge is 0.480 e. The van der Waals surface area contributed by atoms with Crippen LogP contribution in [0.25, 0.3) is 0 Å². The van der Waals surface area contributed by atoms with Crippen molar-refractivity contribution in [3.63, 3.8) is 0 Å². The maximum absolute atomic E-state index is 11.5. The molecule has 0 spiro atoms. The standard InChI is InChI=1S/C9H15N3O4S/c1-3-4-17(15,16)11-8(9(13)14)7-5-10-12(2)6-7/h5-6,8,11H,3-4H2,1-2H3,(H,13,14). The van der Waals surface area contributed by atoms with Gasteiger partial charge in [-0.3, -0.25) is 9.48 Å². The second-order valence-electron chi connectivity index (χ2n) is 3.66. The fraction of sp³-hybridized carbons (Fsp3) is 0.556. The molecule has 0 fully saturated rings. The van der Waals surface area contributed by atoms with E-state index in [9.17, 15) is 13.2 Å². The number of carboxylic acids is 1. The first-order valence-electron chi connectivity index (χ1n) is 5.07. The second-order valence-corrected chi connectivity index (χ2v) is 5.53. The Labute approximate surface area is 99.5 Å². The maximum Gasteiger partial charge on any atom is 0.326 e. The van der Waals surface area contributed by atoms with Crippen LogP contribution in [0, 0.1) is 0 Å². The van der Waals surface area contributed by atoms with Gasteiger partial charge in [0.15, 0.2) is 0 Å². The highest BCUT2D eigenvalue weighted by Gasteiger charge is 2.26. The Kier molecular flexibility index (Phi) is 4.24. The summed E-state index contributed by atoms with van der Waals surface area (Å²) in [6, 6.07) is -1.29. The highest BCUT2D eigenvalue weighted by atomic mass is 32.2. The topological polar surface area (TPSA) is 101 Å². The second kappa shape index (κ2) is 5.28. The molecule has 1 aromatic heterocycles. The van der Waals surface area contributed by atoms with Crippen LogP contribution in [0.1, 0.15) is 24.9 Å². The van der Waals surface area contributed by atoms with Crippen LogP contribution in [0.3, 0.4) is 0 Å². The van der Waals surface area contributed by atoms with E-state index in [1.165, 1.54) is 17.1 Å². The smallest absolute Gasteiger partial charge is 0.326 e. The minimum absolute atomic E-state index is 0.100. The first-order chi connectivity index (χ1) is 7.85. The van der Waals surface area contributed by atoms with Gasteiger partial charge in [-0.2, -0.15) is 9.82 Å². The quantitative estimate of drug-likeness (QED) is 0.743. The molecule has 7 nitrogen and oxygen atoms in total. The van der Waals surface area contributed by atoms with Gasteiger partial charge in [-0.15, -0.1) is 0 Å². The van der Waals surface area contributed by atoms with Crippen LogP contribution < -0.4 is 4.72 Å². The van der Waals surface area contributed by atoms with Crippen LogP contribution in [0.4, 0.5) is 0 Å². The molecule has 0 aliphatic carbocycles. The molecule has 96 valence electrons. The van der Waals surface area contributed by atoms with Crippen molar-refractivity contribution in [2.75, 3.05) is 5.75 Å². The van der Waals surface area contributed by atoms with E-state index < -0.39 is 22.0 Å². The Morgan fingerprint density at radius 1 is 1.65 bits per heavy atom. The van der Waals surface area contributed by atoms with E-state index in [0.29, 0.717) is 12.0 Å². The summed E-state index contributed by atoms with van der Waals surface area (Å²) in [6.07, 6.45) is 3.22. The predicted octanol–water partition coefficient (Wildman–Crippen LogP) is -0.125. The van der Waals surface area contributed by atoms with Crippen LogP contribution in [-0.4, -0.2) is 35.0 Å². The summed E-state index contributed by atoms with van der Waals surface area (Å²) in [4.78, 5) is 11.0. The third-order valence-electron chi connectivity index (χ3n) is 2.08. The molecule has 17 heavy (non-hydrogen) atoms. The molecule has 0 saturated heterocycles. The molecule has 1 rings (SSSR count). The van der Waals surface area contributed by atoms with Gasteiger partial charge < -0.3 is 5.11 Å². The molecule has 1 atom stereocenters. The molecular formula is C9H15N3O4S. The minimum atomic E-state index is -3.58. The molecule has 1 aromatic rings. The van der Waals surface area contributed by atoms with Crippen molar-refractivity contribution in [2.24, 2.45) is 7.05 Å². The summed E-state index contributed by atoms with van der Waals surface area (Å²) in [7, 11) is -1.95. The zero-order chi connectivity index (χ0) is 13.1. The highest BCUT2D eigenvalue weighted by molar-refractivity contribution is 7.89. The van der Waals surface area contributed by atoms with Crippen molar-refractivity contribution in [3.05, 3.63) is 18.0 Å². The first-order valence-corrected chi connectivity index (χ1v) is 6.72. The maximum atomic E-state index is 11.5. The van der Waals surface area contributed by atoms with Crippen LogP contribution in [-0.2, 0) is 21.9 Å². The lowest BCUT2D eigenvalue weighted by Gasteiger charge is -2.12. The van der Waals surface area contributed by atoms with Gasteiger partial charge in [0.2, 0.25) is 10.0 Å². The number of hydrogen-bond acceptors (Lipinski definition) is 4. The van der Waals surface area contributed by atoms with Crippen molar-refractivity contribution in [2.45, 2.75) is 19.4 Å². The molecule has 8 heteroatoms. The monoisotopic (exact) mass is 261 g/mol. The summed E-state index contributed by atoms with van der Waals surface area (Å²) < 4.78 is 26.6. The van der Waals surface area contributed by atoms with Gasteiger partial charge in [-0.25, -0.2) is 8.42 Å². The molecule has 0 aromatic carbocycles. The van der Waals surface area contributed by atoms with Crippen LogP contribution in [0.15, 0.2) is 12.4 Å². The number of carbonyl (C=O) groups is 1. The molecular weight excluding hydrogens is 246 g/mol. The zero-order valence-corrected chi connectivity index (χ0v) is 10.4. The molecule has 0 amide bonds. The molecule has 0 radical (unpaired) electrons. The number of aliphatic carboxylic acids is 1. The van der Waals surface area contributed by atoms with Gasteiger partial charge in [0.25, 0.3) is 0 Å². The molecule has 0 aliphatic heterocycles. The Morgan fingerprint density at radius 3 is 2.71 bits per heavy atom. The Bertz CT molecular complexity index is 494. The number of nitrogens with zero attached hydrogens (tertiary/aromatic N) is 2.